The van der Waals surface area contributed by atoms with E-state index in [1.54, 1.807) is 30.3 Å². The van der Waals surface area contributed by atoms with E-state index in [4.69, 9.17) is 9.15 Å². The quantitative estimate of drug-likeness (QED) is 0.289. The SMILES string of the molecule is O=C(/C=C/c1cccc(F)c1)Oc1ccc2oc3ccccc3c2c1. The summed E-state index contributed by atoms with van der Waals surface area (Å²) in [6, 6.07) is 18.9. The number of fused-ring (bicyclic) bond motifs is 3. The fraction of sp³-hybridized carbons (Fsp3) is 0. The molecule has 0 aliphatic rings. The number of halogens is 1. The molecule has 0 amide bonds. The average Bonchev–Trinajstić information content (AvgIpc) is 2.98. The molecule has 3 nitrogen and oxygen atoms in total. The Morgan fingerprint density at radius 1 is 0.920 bits per heavy atom. The van der Waals surface area contributed by atoms with Crippen molar-refractivity contribution in [1.82, 2.24) is 0 Å². The van der Waals surface area contributed by atoms with Crippen LogP contribution in [-0.2, 0) is 4.79 Å². The summed E-state index contributed by atoms with van der Waals surface area (Å²) in [5.74, 6) is -0.461. The van der Waals surface area contributed by atoms with Crippen molar-refractivity contribution in [3.8, 4) is 5.75 Å². The lowest BCUT2D eigenvalue weighted by atomic mass is 10.1. The third-order valence-electron chi connectivity index (χ3n) is 3.83. The molecule has 0 fully saturated rings. The van der Waals surface area contributed by atoms with Crippen molar-refractivity contribution in [2.24, 2.45) is 0 Å². The minimum absolute atomic E-state index is 0.354. The number of rotatable bonds is 3. The Balaban J connectivity index is 1.57. The maximum absolute atomic E-state index is 13.1. The van der Waals surface area contributed by atoms with Crippen molar-refractivity contribution in [2.45, 2.75) is 0 Å². The molecule has 1 heterocycles. The first-order valence-corrected chi connectivity index (χ1v) is 7.76. The zero-order valence-corrected chi connectivity index (χ0v) is 13.1. The molecule has 1 aromatic heterocycles. The predicted molar refractivity (Wildman–Crippen MR) is 94.8 cm³/mol. The molecule has 25 heavy (non-hydrogen) atoms. The number of carbonyl (C=O) groups excluding carboxylic acids is 1. The van der Waals surface area contributed by atoms with Crippen molar-refractivity contribution >= 4 is 34.0 Å². The van der Waals surface area contributed by atoms with Crippen LogP contribution in [0, 0.1) is 5.82 Å². The Hall–Kier alpha value is -3.40. The number of para-hydroxylation sites is 1. The van der Waals surface area contributed by atoms with Crippen molar-refractivity contribution in [2.75, 3.05) is 0 Å². The molecule has 4 heteroatoms. The molecular formula is C21H13FO3. The summed E-state index contributed by atoms with van der Waals surface area (Å²) in [7, 11) is 0. The van der Waals surface area contributed by atoms with Gasteiger partial charge in [0.05, 0.1) is 0 Å². The van der Waals surface area contributed by atoms with Crippen LogP contribution >= 0.6 is 0 Å². The lowest BCUT2D eigenvalue weighted by Crippen LogP contribution is -2.03. The van der Waals surface area contributed by atoms with Crippen molar-refractivity contribution in [1.29, 1.82) is 0 Å². The first kappa shape index (κ1) is 15.1. The maximum Gasteiger partial charge on any atom is 0.336 e. The van der Waals surface area contributed by atoms with E-state index in [9.17, 15) is 9.18 Å². The lowest BCUT2D eigenvalue weighted by molar-refractivity contribution is -0.128. The molecular weight excluding hydrogens is 319 g/mol. The third kappa shape index (κ3) is 3.15. The van der Waals surface area contributed by atoms with Gasteiger partial charge in [0, 0.05) is 16.8 Å². The van der Waals surface area contributed by atoms with Crippen LogP contribution in [0.4, 0.5) is 4.39 Å². The fourth-order valence-electron chi connectivity index (χ4n) is 2.69. The van der Waals surface area contributed by atoms with Crippen LogP contribution < -0.4 is 4.74 Å². The van der Waals surface area contributed by atoms with Gasteiger partial charge < -0.3 is 9.15 Å². The molecule has 0 saturated carbocycles. The van der Waals surface area contributed by atoms with Gasteiger partial charge in [-0.15, -0.1) is 0 Å². The molecule has 0 unspecified atom stereocenters. The highest BCUT2D eigenvalue weighted by Crippen LogP contribution is 2.31. The largest absolute Gasteiger partial charge is 0.456 e. The molecule has 0 bridgehead atoms. The fourth-order valence-corrected chi connectivity index (χ4v) is 2.69. The summed E-state index contributed by atoms with van der Waals surface area (Å²) in [5.41, 5.74) is 2.11. The zero-order valence-electron chi connectivity index (χ0n) is 13.1. The van der Waals surface area contributed by atoms with Crippen LogP contribution in [-0.4, -0.2) is 5.97 Å². The summed E-state index contributed by atoms with van der Waals surface area (Å²) < 4.78 is 24.2. The van der Waals surface area contributed by atoms with E-state index >= 15 is 0 Å². The van der Waals surface area contributed by atoms with Gasteiger partial charge in [0.25, 0.3) is 0 Å². The Bertz CT molecular complexity index is 1110. The van der Waals surface area contributed by atoms with Crippen molar-refractivity contribution in [3.05, 3.63) is 84.2 Å². The highest BCUT2D eigenvalue weighted by atomic mass is 19.1. The van der Waals surface area contributed by atoms with Gasteiger partial charge in [-0.1, -0.05) is 30.3 Å². The van der Waals surface area contributed by atoms with Crippen LogP contribution in [0.5, 0.6) is 5.75 Å². The van der Waals surface area contributed by atoms with E-state index in [2.05, 4.69) is 0 Å². The van der Waals surface area contributed by atoms with E-state index in [1.807, 2.05) is 24.3 Å². The van der Waals surface area contributed by atoms with Crippen molar-refractivity contribution < 1.29 is 18.3 Å². The number of furan rings is 1. The van der Waals surface area contributed by atoms with Gasteiger partial charge in [-0.05, 0) is 48.0 Å². The van der Waals surface area contributed by atoms with Gasteiger partial charge >= 0.3 is 5.97 Å². The minimum Gasteiger partial charge on any atom is -0.456 e. The van der Waals surface area contributed by atoms with Crippen LogP contribution in [0.1, 0.15) is 5.56 Å². The van der Waals surface area contributed by atoms with E-state index < -0.39 is 5.97 Å². The molecule has 0 aliphatic heterocycles. The molecule has 0 atom stereocenters. The molecule has 4 aromatic rings. The van der Waals surface area contributed by atoms with E-state index in [-0.39, 0.29) is 5.82 Å². The number of ether oxygens (including phenoxy) is 1. The summed E-state index contributed by atoms with van der Waals surface area (Å²) >= 11 is 0. The first-order valence-electron chi connectivity index (χ1n) is 7.76. The number of hydrogen-bond donors (Lipinski definition) is 0. The van der Waals surface area contributed by atoms with E-state index in [0.29, 0.717) is 11.3 Å². The monoisotopic (exact) mass is 332 g/mol. The number of hydrogen-bond acceptors (Lipinski definition) is 3. The van der Waals surface area contributed by atoms with Crippen LogP contribution in [0.15, 0.2) is 77.2 Å². The third-order valence-corrected chi connectivity index (χ3v) is 3.83. The molecule has 0 aliphatic carbocycles. The smallest absolute Gasteiger partial charge is 0.336 e. The Morgan fingerprint density at radius 2 is 1.76 bits per heavy atom. The van der Waals surface area contributed by atoms with Crippen LogP contribution in [0.2, 0.25) is 0 Å². The number of esters is 1. The molecule has 0 N–H and O–H groups in total. The minimum atomic E-state index is -0.531. The van der Waals surface area contributed by atoms with Crippen molar-refractivity contribution in [3.63, 3.8) is 0 Å². The molecule has 3 aromatic carbocycles. The molecule has 122 valence electrons. The second-order valence-electron chi connectivity index (χ2n) is 5.57. The van der Waals surface area contributed by atoms with Gasteiger partial charge in [-0.3, -0.25) is 0 Å². The second kappa shape index (κ2) is 6.24. The summed E-state index contributed by atoms with van der Waals surface area (Å²) in [5, 5.41) is 1.85. The summed E-state index contributed by atoms with van der Waals surface area (Å²) in [6.07, 6.45) is 2.78. The van der Waals surface area contributed by atoms with E-state index in [1.165, 1.54) is 24.3 Å². The molecule has 0 spiro atoms. The standard InChI is InChI=1S/C21H13FO3/c22-15-5-3-4-14(12-15)8-11-21(23)24-16-9-10-20-18(13-16)17-6-1-2-7-19(17)25-20/h1-13H/b11-8+. The lowest BCUT2D eigenvalue weighted by Gasteiger charge is -2.01. The molecule has 0 radical (unpaired) electrons. The topological polar surface area (TPSA) is 39.4 Å². The Morgan fingerprint density at radius 3 is 2.64 bits per heavy atom. The number of carbonyl (C=O) groups is 1. The first-order chi connectivity index (χ1) is 12.2. The second-order valence-corrected chi connectivity index (χ2v) is 5.57. The Kier molecular flexibility index (Phi) is 3.78. The maximum atomic E-state index is 13.1. The summed E-state index contributed by atoms with van der Waals surface area (Å²) in [4.78, 5) is 12.0. The van der Waals surface area contributed by atoms with Gasteiger partial charge in [0.15, 0.2) is 0 Å². The van der Waals surface area contributed by atoms with Gasteiger partial charge in [0.1, 0.15) is 22.7 Å². The predicted octanol–water partition coefficient (Wildman–Crippen LogP) is 5.34. The highest BCUT2D eigenvalue weighted by molar-refractivity contribution is 6.05. The molecule has 0 saturated heterocycles. The number of benzene rings is 3. The van der Waals surface area contributed by atoms with Gasteiger partial charge in [0.2, 0.25) is 0 Å². The molecule has 4 rings (SSSR count). The summed E-state index contributed by atoms with van der Waals surface area (Å²) in [6.45, 7) is 0. The van der Waals surface area contributed by atoms with Crippen LogP contribution in [0.3, 0.4) is 0 Å². The normalized spacial score (nSPS) is 11.4. The van der Waals surface area contributed by atoms with Crippen LogP contribution in [0.25, 0.3) is 28.0 Å². The average molecular weight is 332 g/mol. The van der Waals surface area contributed by atoms with Gasteiger partial charge in [-0.25, -0.2) is 9.18 Å². The zero-order chi connectivity index (χ0) is 17.2. The highest BCUT2D eigenvalue weighted by Gasteiger charge is 2.08. The van der Waals surface area contributed by atoms with E-state index in [0.717, 1.165) is 21.9 Å². The van der Waals surface area contributed by atoms with Gasteiger partial charge in [-0.2, -0.15) is 0 Å². The Labute approximate surface area is 142 Å².